The van der Waals surface area contributed by atoms with E-state index < -0.39 is 12.6 Å². The van der Waals surface area contributed by atoms with Gasteiger partial charge in [0.25, 0.3) is 5.91 Å². The van der Waals surface area contributed by atoms with Crippen LogP contribution in [0.3, 0.4) is 0 Å². The Labute approximate surface area is 98.7 Å². The van der Waals surface area contributed by atoms with Crippen molar-refractivity contribution in [3.05, 3.63) is 42.5 Å². The molecule has 90 valence electrons. The fourth-order valence-corrected chi connectivity index (χ4v) is 1.18. The molecule has 0 aliphatic carbocycles. The van der Waals surface area contributed by atoms with Gasteiger partial charge in [-0.2, -0.15) is 0 Å². The van der Waals surface area contributed by atoms with Crippen LogP contribution in [0.25, 0.3) is 0 Å². The van der Waals surface area contributed by atoms with E-state index in [2.05, 4.69) is 11.9 Å². The average Bonchev–Trinajstić information content (AvgIpc) is 2.33. The van der Waals surface area contributed by atoms with E-state index in [0.29, 0.717) is 6.54 Å². The number of hydrogen-bond donors (Lipinski definition) is 1. The molecule has 0 radical (unpaired) electrons. The minimum Gasteiger partial charge on any atom is -0.546 e. The molecule has 1 amide bonds. The second-order valence-corrected chi connectivity index (χ2v) is 3.16. The standard InChI is InChI=1S/C12H13NO4/c1-2-7-13-12(16)9-5-3-4-6-10(9)17-8-11(14)15/h2-6H,1,7-8H2,(H,13,16)(H,14,15)/p-1. The molecule has 0 fully saturated rings. The Morgan fingerprint density at radius 2 is 2.12 bits per heavy atom. The summed E-state index contributed by atoms with van der Waals surface area (Å²) < 4.78 is 4.95. The second kappa shape index (κ2) is 6.32. The number of nitrogens with one attached hydrogen (secondary N) is 1. The normalized spacial score (nSPS) is 9.41. The zero-order valence-corrected chi connectivity index (χ0v) is 9.14. The van der Waals surface area contributed by atoms with E-state index in [4.69, 9.17) is 4.74 Å². The molecule has 1 N–H and O–H groups in total. The number of carboxylic acid groups (broad SMARTS) is 1. The predicted octanol–water partition coefficient (Wildman–Crippen LogP) is -0.269. The molecule has 0 spiro atoms. The van der Waals surface area contributed by atoms with Crippen molar-refractivity contribution in [3.63, 3.8) is 0 Å². The summed E-state index contributed by atoms with van der Waals surface area (Å²) in [4.78, 5) is 21.9. The highest BCUT2D eigenvalue weighted by Crippen LogP contribution is 2.17. The molecule has 0 saturated heterocycles. The number of para-hydroxylation sites is 1. The van der Waals surface area contributed by atoms with Crippen molar-refractivity contribution in [1.29, 1.82) is 0 Å². The molecule has 0 aromatic heterocycles. The fourth-order valence-electron chi connectivity index (χ4n) is 1.18. The lowest BCUT2D eigenvalue weighted by molar-refractivity contribution is -0.307. The Hall–Kier alpha value is -2.30. The van der Waals surface area contributed by atoms with E-state index in [9.17, 15) is 14.7 Å². The summed E-state index contributed by atoms with van der Waals surface area (Å²) >= 11 is 0. The van der Waals surface area contributed by atoms with Gasteiger partial charge in [0.15, 0.2) is 0 Å². The highest BCUT2D eigenvalue weighted by Gasteiger charge is 2.10. The molecule has 1 aromatic carbocycles. The van der Waals surface area contributed by atoms with Gasteiger partial charge in [-0.3, -0.25) is 4.79 Å². The van der Waals surface area contributed by atoms with Crippen molar-refractivity contribution in [2.45, 2.75) is 0 Å². The quantitative estimate of drug-likeness (QED) is 0.687. The summed E-state index contributed by atoms with van der Waals surface area (Å²) in [5.41, 5.74) is 0.274. The number of ether oxygens (including phenoxy) is 1. The number of carbonyl (C=O) groups is 2. The molecule has 17 heavy (non-hydrogen) atoms. The third kappa shape index (κ3) is 3.98. The van der Waals surface area contributed by atoms with Gasteiger partial charge in [0, 0.05) is 6.54 Å². The Kier molecular flexibility index (Phi) is 4.75. The van der Waals surface area contributed by atoms with Gasteiger partial charge in [-0.25, -0.2) is 0 Å². The third-order valence-electron chi connectivity index (χ3n) is 1.88. The van der Waals surface area contributed by atoms with Crippen LogP contribution in [-0.2, 0) is 4.79 Å². The summed E-state index contributed by atoms with van der Waals surface area (Å²) in [7, 11) is 0. The Morgan fingerprint density at radius 1 is 1.41 bits per heavy atom. The SMILES string of the molecule is C=CCNC(=O)c1ccccc1OCC(=O)[O-]. The molecular weight excluding hydrogens is 222 g/mol. The van der Waals surface area contributed by atoms with Crippen LogP contribution in [0.1, 0.15) is 10.4 Å². The molecule has 0 unspecified atom stereocenters. The van der Waals surface area contributed by atoms with Gasteiger partial charge in [-0.05, 0) is 12.1 Å². The van der Waals surface area contributed by atoms with Crippen LogP contribution in [0.2, 0.25) is 0 Å². The van der Waals surface area contributed by atoms with E-state index in [1.54, 1.807) is 24.3 Å². The first kappa shape index (κ1) is 12.8. The topological polar surface area (TPSA) is 78.5 Å². The first-order valence-corrected chi connectivity index (χ1v) is 4.96. The number of carboxylic acids is 1. The number of carbonyl (C=O) groups excluding carboxylic acids is 2. The summed E-state index contributed by atoms with van der Waals surface area (Å²) in [6, 6.07) is 6.37. The van der Waals surface area contributed by atoms with E-state index in [0.717, 1.165) is 0 Å². The summed E-state index contributed by atoms with van der Waals surface area (Å²) in [5, 5.41) is 12.9. The van der Waals surface area contributed by atoms with Crippen molar-refractivity contribution in [2.24, 2.45) is 0 Å². The zero-order chi connectivity index (χ0) is 12.7. The number of aliphatic carboxylic acids is 1. The van der Waals surface area contributed by atoms with Crippen LogP contribution >= 0.6 is 0 Å². The molecule has 0 bridgehead atoms. The van der Waals surface area contributed by atoms with Gasteiger partial charge in [0.1, 0.15) is 12.4 Å². The monoisotopic (exact) mass is 234 g/mol. The average molecular weight is 234 g/mol. The molecule has 0 atom stereocenters. The zero-order valence-electron chi connectivity index (χ0n) is 9.14. The summed E-state index contributed by atoms with van der Waals surface area (Å²) in [6.07, 6.45) is 1.54. The first-order valence-electron chi connectivity index (χ1n) is 4.96. The van der Waals surface area contributed by atoms with Crippen molar-refractivity contribution < 1.29 is 19.4 Å². The maximum Gasteiger partial charge on any atom is 0.255 e. The van der Waals surface area contributed by atoms with Gasteiger partial charge in [0.05, 0.1) is 11.5 Å². The van der Waals surface area contributed by atoms with Gasteiger partial charge in [-0.15, -0.1) is 6.58 Å². The van der Waals surface area contributed by atoms with Crippen LogP contribution in [0, 0.1) is 0 Å². The second-order valence-electron chi connectivity index (χ2n) is 3.16. The van der Waals surface area contributed by atoms with Crippen molar-refractivity contribution in [3.8, 4) is 5.75 Å². The van der Waals surface area contributed by atoms with E-state index in [-0.39, 0.29) is 17.2 Å². The van der Waals surface area contributed by atoms with E-state index in [1.165, 1.54) is 6.07 Å². The first-order chi connectivity index (χ1) is 8.15. The molecule has 0 aliphatic heterocycles. The summed E-state index contributed by atoms with van der Waals surface area (Å²) in [6.45, 7) is 3.21. The van der Waals surface area contributed by atoms with Crippen molar-refractivity contribution in [2.75, 3.05) is 13.2 Å². The molecule has 5 heteroatoms. The molecule has 0 heterocycles. The minimum atomic E-state index is -1.34. The smallest absolute Gasteiger partial charge is 0.255 e. The lowest BCUT2D eigenvalue weighted by Crippen LogP contribution is -2.30. The van der Waals surface area contributed by atoms with Crippen LogP contribution < -0.4 is 15.2 Å². The summed E-state index contributed by atoms with van der Waals surface area (Å²) in [5.74, 6) is -1.48. The predicted molar refractivity (Wildman–Crippen MR) is 59.5 cm³/mol. The van der Waals surface area contributed by atoms with Gasteiger partial charge in [0.2, 0.25) is 0 Å². The number of rotatable bonds is 6. The Morgan fingerprint density at radius 3 is 2.76 bits per heavy atom. The van der Waals surface area contributed by atoms with Crippen LogP contribution in [0.4, 0.5) is 0 Å². The fraction of sp³-hybridized carbons (Fsp3) is 0.167. The largest absolute Gasteiger partial charge is 0.546 e. The van der Waals surface area contributed by atoms with Crippen LogP contribution in [0.15, 0.2) is 36.9 Å². The molecule has 1 aromatic rings. The molecular formula is C12H12NO4-. The molecule has 0 aliphatic rings. The molecule has 0 saturated carbocycles. The molecule has 1 rings (SSSR count). The molecule has 5 nitrogen and oxygen atoms in total. The van der Waals surface area contributed by atoms with Gasteiger partial charge < -0.3 is 20.0 Å². The van der Waals surface area contributed by atoms with Crippen molar-refractivity contribution in [1.82, 2.24) is 5.32 Å². The maximum absolute atomic E-state index is 11.7. The maximum atomic E-state index is 11.7. The Bertz CT molecular complexity index is 428. The lowest BCUT2D eigenvalue weighted by Gasteiger charge is -2.11. The highest BCUT2D eigenvalue weighted by atomic mass is 16.5. The van der Waals surface area contributed by atoms with Crippen LogP contribution in [-0.4, -0.2) is 25.0 Å². The lowest BCUT2D eigenvalue weighted by atomic mass is 10.2. The minimum absolute atomic E-state index is 0.207. The Balaban J connectivity index is 2.79. The van der Waals surface area contributed by atoms with Gasteiger partial charge in [-0.1, -0.05) is 18.2 Å². The number of hydrogen-bond acceptors (Lipinski definition) is 4. The number of amides is 1. The highest BCUT2D eigenvalue weighted by molar-refractivity contribution is 5.97. The van der Waals surface area contributed by atoms with Gasteiger partial charge >= 0.3 is 0 Å². The van der Waals surface area contributed by atoms with E-state index in [1.807, 2.05) is 0 Å². The van der Waals surface area contributed by atoms with Crippen LogP contribution in [0.5, 0.6) is 5.75 Å². The number of benzene rings is 1. The van der Waals surface area contributed by atoms with E-state index >= 15 is 0 Å². The third-order valence-corrected chi connectivity index (χ3v) is 1.88. The van der Waals surface area contributed by atoms with Crippen molar-refractivity contribution >= 4 is 11.9 Å².